The van der Waals surface area contributed by atoms with Crippen molar-refractivity contribution in [1.29, 1.82) is 0 Å². The van der Waals surface area contributed by atoms with Gasteiger partial charge in [-0.25, -0.2) is 0 Å². The van der Waals surface area contributed by atoms with Crippen LogP contribution in [0.5, 0.6) is 0 Å². The van der Waals surface area contributed by atoms with Crippen molar-refractivity contribution >= 4 is 11.8 Å². The topological polar surface area (TPSA) is 3.24 Å². The van der Waals surface area contributed by atoms with Crippen molar-refractivity contribution in [3.8, 4) is 0 Å². The molecule has 28 heavy (non-hydrogen) atoms. The third-order valence-corrected chi connectivity index (χ3v) is 3.33. The summed E-state index contributed by atoms with van der Waals surface area (Å²) in [5.74, 6) is 0. The second kappa shape index (κ2) is 37.1. The van der Waals surface area contributed by atoms with Gasteiger partial charge in [0.25, 0.3) is 0 Å². The Morgan fingerprint density at radius 1 is 0.893 bits per heavy atom. The molecular weight excluding hydrogens is 358 g/mol. The van der Waals surface area contributed by atoms with E-state index in [4.69, 9.17) is 0 Å². The molecular formula is C26H55NS. The summed E-state index contributed by atoms with van der Waals surface area (Å²) in [6, 6.07) is 8.54. The highest BCUT2D eigenvalue weighted by Gasteiger charge is 2.03. The van der Waals surface area contributed by atoms with E-state index >= 15 is 0 Å². The fourth-order valence-corrected chi connectivity index (χ4v) is 1.96. The maximum Gasteiger partial charge on any atom is 0.00693 e. The number of hydrogen-bond acceptors (Lipinski definition) is 2. The van der Waals surface area contributed by atoms with E-state index in [0.29, 0.717) is 0 Å². The third kappa shape index (κ3) is 44.6. The molecule has 2 heteroatoms. The molecule has 1 aromatic rings. The van der Waals surface area contributed by atoms with Gasteiger partial charge in [-0.2, -0.15) is 0 Å². The van der Waals surface area contributed by atoms with Crippen molar-refractivity contribution < 1.29 is 0 Å². The third-order valence-electron chi connectivity index (χ3n) is 2.59. The molecule has 1 saturated heterocycles. The Kier molecular flexibility index (Phi) is 50.3. The van der Waals surface area contributed by atoms with Gasteiger partial charge in [0.15, 0.2) is 0 Å². The number of benzene rings is 1. The van der Waals surface area contributed by atoms with Crippen LogP contribution in [0.2, 0.25) is 0 Å². The molecule has 1 heterocycles. The molecule has 0 spiro atoms. The Bertz CT molecular complexity index is 347. The second-order valence-electron chi connectivity index (χ2n) is 5.94. The molecule has 1 aromatic carbocycles. The lowest BCUT2D eigenvalue weighted by atomic mass is 10.2. The largest absolute Gasteiger partial charge is 0.306 e. The normalized spacial score (nSPS) is 10.8. The fourth-order valence-electron chi connectivity index (χ4n) is 1.55. The monoisotopic (exact) mass is 413 g/mol. The number of hydrogen-bond donors (Lipinski definition) is 0. The van der Waals surface area contributed by atoms with E-state index < -0.39 is 0 Å². The summed E-state index contributed by atoms with van der Waals surface area (Å²) in [6.45, 7) is 28.5. The molecule has 0 bridgehead atoms. The molecule has 0 aromatic heterocycles. The molecule has 1 aliphatic heterocycles. The van der Waals surface area contributed by atoms with E-state index in [1.54, 1.807) is 11.8 Å². The highest BCUT2D eigenvalue weighted by Crippen LogP contribution is 2.13. The van der Waals surface area contributed by atoms with Gasteiger partial charge in [-0.15, -0.1) is 18.3 Å². The van der Waals surface area contributed by atoms with Crippen LogP contribution in [0.25, 0.3) is 0 Å². The van der Waals surface area contributed by atoms with Crippen molar-refractivity contribution in [3.05, 3.63) is 42.0 Å². The zero-order valence-corrected chi connectivity index (χ0v) is 22.7. The average Bonchev–Trinajstić information content (AvgIpc) is 3.19. The Morgan fingerprint density at radius 2 is 1.18 bits per heavy atom. The molecule has 1 fully saturated rings. The molecule has 2 rings (SSSR count). The van der Waals surface area contributed by atoms with Crippen LogP contribution < -0.4 is 0 Å². The first-order valence-electron chi connectivity index (χ1n) is 11.3. The van der Waals surface area contributed by atoms with Crippen LogP contribution in [0, 0.1) is 6.92 Å². The summed E-state index contributed by atoms with van der Waals surface area (Å²) < 4.78 is 0. The lowest BCUT2D eigenvalue weighted by molar-refractivity contribution is 0.418. The number of rotatable bonds is 1. The lowest BCUT2D eigenvalue weighted by Crippen LogP contribution is -2.10. The number of allylic oxidation sites excluding steroid dienone is 1. The number of aryl methyl sites for hydroxylation is 1. The predicted octanol–water partition coefficient (Wildman–Crippen LogP) is 9.51. The first kappa shape index (κ1) is 37.9. The van der Waals surface area contributed by atoms with Crippen LogP contribution in [0.15, 0.2) is 41.3 Å². The summed E-state index contributed by atoms with van der Waals surface area (Å²) in [5, 5.41) is 0. The van der Waals surface area contributed by atoms with Gasteiger partial charge in [0.1, 0.15) is 0 Å². The van der Waals surface area contributed by atoms with Crippen molar-refractivity contribution in [1.82, 2.24) is 4.90 Å². The van der Waals surface area contributed by atoms with Gasteiger partial charge in [0, 0.05) is 4.90 Å². The number of likely N-dealkylation sites (tertiary alicyclic amines) is 1. The van der Waals surface area contributed by atoms with Gasteiger partial charge in [0.05, 0.1) is 0 Å². The van der Waals surface area contributed by atoms with Gasteiger partial charge >= 0.3 is 0 Å². The summed E-state index contributed by atoms with van der Waals surface area (Å²) in [4.78, 5) is 3.70. The maximum absolute atomic E-state index is 3.56. The Balaban J connectivity index is -0.0000000818. The van der Waals surface area contributed by atoms with E-state index in [0.717, 1.165) is 0 Å². The first-order valence-corrected chi connectivity index (χ1v) is 12.5. The van der Waals surface area contributed by atoms with Gasteiger partial charge in [0.2, 0.25) is 0 Å². The molecule has 0 N–H and O–H groups in total. The molecule has 0 unspecified atom stereocenters. The minimum Gasteiger partial charge on any atom is -0.306 e. The Hall–Kier alpha value is -0.730. The quantitative estimate of drug-likeness (QED) is 0.333. The van der Waals surface area contributed by atoms with Gasteiger partial charge < -0.3 is 4.90 Å². The molecule has 0 amide bonds. The zero-order chi connectivity index (χ0) is 23.4. The first-order chi connectivity index (χ1) is 13.4. The van der Waals surface area contributed by atoms with Crippen LogP contribution in [0.1, 0.15) is 94.1 Å². The number of thioether (sulfide) groups is 1. The van der Waals surface area contributed by atoms with Crippen LogP contribution in [0.3, 0.4) is 0 Å². The number of nitrogens with zero attached hydrogens (tertiary/aromatic N) is 1. The van der Waals surface area contributed by atoms with E-state index in [1.807, 2.05) is 55.4 Å². The average molecular weight is 414 g/mol. The maximum atomic E-state index is 3.56. The summed E-state index contributed by atoms with van der Waals surface area (Å²) in [5.41, 5.74) is 2.49. The molecule has 170 valence electrons. The molecule has 0 saturated carbocycles. The minimum atomic E-state index is 1.17. The Labute approximate surface area is 185 Å². The summed E-state index contributed by atoms with van der Waals surface area (Å²) >= 11 is 1.78. The van der Waals surface area contributed by atoms with Crippen molar-refractivity contribution in [2.75, 3.05) is 26.4 Å². The van der Waals surface area contributed by atoms with Crippen LogP contribution in [0.4, 0.5) is 0 Å². The van der Waals surface area contributed by atoms with E-state index in [1.165, 1.54) is 48.4 Å². The lowest BCUT2D eigenvalue weighted by Gasteiger charge is -2.01. The van der Waals surface area contributed by atoms with Gasteiger partial charge in [-0.05, 0) is 72.1 Å². The van der Waals surface area contributed by atoms with Gasteiger partial charge in [-0.3, -0.25) is 0 Å². The smallest absolute Gasteiger partial charge is 0.00693 e. The zero-order valence-electron chi connectivity index (χ0n) is 21.9. The van der Waals surface area contributed by atoms with Crippen LogP contribution in [-0.4, -0.2) is 31.3 Å². The Morgan fingerprint density at radius 3 is 1.36 bits per heavy atom. The minimum absolute atomic E-state index is 1.17. The predicted molar refractivity (Wildman–Crippen MR) is 140 cm³/mol. The fraction of sp³-hybridized carbons (Fsp3) is 0.692. The molecule has 0 radical (unpaired) electrons. The van der Waals surface area contributed by atoms with Crippen molar-refractivity contribution in [2.45, 2.75) is 100 Å². The highest BCUT2D eigenvalue weighted by molar-refractivity contribution is 7.98. The molecule has 0 atom stereocenters. The second-order valence-corrected chi connectivity index (χ2v) is 6.82. The van der Waals surface area contributed by atoms with Gasteiger partial charge in [-0.1, -0.05) is 85.1 Å². The molecule has 0 aliphatic carbocycles. The van der Waals surface area contributed by atoms with E-state index in [9.17, 15) is 0 Å². The summed E-state index contributed by atoms with van der Waals surface area (Å²) in [7, 11) is 2.17. The van der Waals surface area contributed by atoms with Crippen LogP contribution >= 0.6 is 11.8 Å². The van der Waals surface area contributed by atoms with E-state index in [-0.39, 0.29) is 0 Å². The van der Waals surface area contributed by atoms with Crippen molar-refractivity contribution in [2.24, 2.45) is 0 Å². The molecule has 1 aliphatic rings. The van der Waals surface area contributed by atoms with Crippen molar-refractivity contribution in [3.63, 3.8) is 0 Å². The summed E-state index contributed by atoms with van der Waals surface area (Å²) in [6.07, 6.45) is 6.16. The highest BCUT2D eigenvalue weighted by atomic mass is 32.2. The van der Waals surface area contributed by atoms with E-state index in [2.05, 4.69) is 69.8 Å². The SMILES string of the molecule is C=C(C)C.CC.CC.CC.CCC.CN1CCCC1.CSc1ccc(C)cc1. The standard InChI is InChI=1S/C8H10S.C5H11N.C4H8.C3H8.3C2H6/c1-7-3-5-8(9-2)6-4-7;1-6-4-2-3-5-6;1-4(2)3;1-3-2;3*1-2/h3-6H,1-2H3;2-5H2,1H3;1H2,2-3H3;3H2,1-2H3;3*1-2H3. The van der Waals surface area contributed by atoms with Crippen LogP contribution in [-0.2, 0) is 0 Å². The molecule has 1 nitrogen and oxygen atoms in total.